The van der Waals surface area contributed by atoms with Crippen LogP contribution in [0.3, 0.4) is 0 Å². The zero-order valence-corrected chi connectivity index (χ0v) is 20.2. The van der Waals surface area contributed by atoms with Gasteiger partial charge in [0.1, 0.15) is 17.6 Å². The first kappa shape index (κ1) is 23.5. The van der Waals surface area contributed by atoms with Gasteiger partial charge in [0.25, 0.3) is 5.95 Å². The van der Waals surface area contributed by atoms with Crippen molar-refractivity contribution in [1.82, 2.24) is 0 Å². The molecule has 0 spiro atoms. The molecule has 7 nitrogen and oxygen atoms in total. The van der Waals surface area contributed by atoms with Crippen molar-refractivity contribution in [1.29, 1.82) is 0 Å². The van der Waals surface area contributed by atoms with Gasteiger partial charge in [-0.3, -0.25) is 0 Å². The summed E-state index contributed by atoms with van der Waals surface area (Å²) < 4.78 is 49.5. The first-order valence-corrected chi connectivity index (χ1v) is 13.0. The lowest BCUT2D eigenvalue weighted by Gasteiger charge is -2.43. The minimum Gasteiger partial charge on any atom is -0.454 e. The average Bonchev–Trinajstić information content (AvgIpc) is 3.02. The third-order valence-corrected chi connectivity index (χ3v) is 7.03. The highest BCUT2D eigenvalue weighted by Gasteiger charge is 2.47. The van der Waals surface area contributed by atoms with E-state index in [2.05, 4.69) is 0 Å². The van der Waals surface area contributed by atoms with Gasteiger partial charge in [-0.25, -0.2) is 0 Å². The highest BCUT2D eigenvalue weighted by Crippen LogP contribution is 2.52. The van der Waals surface area contributed by atoms with E-state index in [0.29, 0.717) is 24.3 Å². The summed E-state index contributed by atoms with van der Waals surface area (Å²) in [6.45, 7) is 2.16. The molecule has 0 N–H and O–H groups in total. The first-order chi connectivity index (χ1) is 17.0. The molecule has 1 fully saturated rings. The summed E-state index contributed by atoms with van der Waals surface area (Å²) in [4.78, 5) is 0. The lowest BCUT2D eigenvalue weighted by molar-refractivity contribution is -0.296. The summed E-state index contributed by atoms with van der Waals surface area (Å²) in [5.41, 5.74) is 0.0954. The van der Waals surface area contributed by atoms with Gasteiger partial charge >= 0.3 is 7.82 Å². The van der Waals surface area contributed by atoms with E-state index in [1.807, 2.05) is 49.4 Å². The van der Waals surface area contributed by atoms with E-state index in [1.165, 1.54) is 0 Å². The Morgan fingerprint density at radius 2 is 1.40 bits per heavy atom. The molecule has 0 aliphatic carbocycles. The Kier molecular flexibility index (Phi) is 6.82. The van der Waals surface area contributed by atoms with Crippen LogP contribution in [0.5, 0.6) is 11.5 Å². The fourth-order valence-corrected chi connectivity index (χ4v) is 5.19. The van der Waals surface area contributed by atoms with Crippen molar-refractivity contribution in [3.63, 3.8) is 0 Å². The van der Waals surface area contributed by atoms with Gasteiger partial charge < -0.3 is 27.8 Å². The molecule has 2 aliphatic rings. The zero-order chi connectivity index (χ0) is 24.1. The van der Waals surface area contributed by atoms with Gasteiger partial charge in [-0.1, -0.05) is 66.7 Å². The van der Waals surface area contributed by atoms with Crippen LogP contribution in [-0.2, 0) is 23.3 Å². The van der Waals surface area contributed by atoms with E-state index in [-0.39, 0.29) is 18.7 Å². The second kappa shape index (κ2) is 10.2. The number of phosphoric acid groups is 1. The normalized spacial score (nSPS) is 24.2. The number of rotatable bonds is 7. The van der Waals surface area contributed by atoms with Gasteiger partial charge in [0.2, 0.25) is 0 Å². The summed E-state index contributed by atoms with van der Waals surface area (Å²) >= 11 is 0. The van der Waals surface area contributed by atoms with Crippen molar-refractivity contribution in [2.24, 2.45) is 0 Å². The topological polar surface area (TPSA) is 72.5 Å². The number of para-hydroxylation sites is 2. The quantitative estimate of drug-likeness (QED) is 0.335. The molecule has 182 valence electrons. The monoisotopic (exact) mass is 494 g/mol. The number of hydrogen-bond acceptors (Lipinski definition) is 7. The Balaban J connectivity index is 1.33. The summed E-state index contributed by atoms with van der Waals surface area (Å²) in [7, 11) is -4.16. The maximum Gasteiger partial charge on any atom is 0.649 e. The second-order valence-electron chi connectivity index (χ2n) is 8.54. The first-order valence-electron chi connectivity index (χ1n) is 11.5. The Labute approximate surface area is 204 Å². The highest BCUT2D eigenvalue weighted by molar-refractivity contribution is 7.49. The Hall–Kier alpha value is -3.25. The van der Waals surface area contributed by atoms with Gasteiger partial charge in [0, 0.05) is 5.56 Å². The summed E-state index contributed by atoms with van der Waals surface area (Å²) in [6.07, 6.45) is 2.27. The van der Waals surface area contributed by atoms with Gasteiger partial charge in [0.05, 0.1) is 6.61 Å². The van der Waals surface area contributed by atoms with Crippen LogP contribution in [-0.4, -0.2) is 18.3 Å². The molecule has 3 atom stereocenters. The van der Waals surface area contributed by atoms with Crippen LogP contribution < -0.4 is 9.05 Å². The van der Waals surface area contributed by atoms with Crippen LogP contribution >= 0.6 is 7.82 Å². The average molecular weight is 494 g/mol. The van der Waals surface area contributed by atoms with Gasteiger partial charge in [-0.05, 0) is 50.1 Å². The number of benzene rings is 3. The smallest absolute Gasteiger partial charge is 0.454 e. The van der Waals surface area contributed by atoms with Crippen molar-refractivity contribution < 1.29 is 32.3 Å². The Morgan fingerprint density at radius 3 is 2.00 bits per heavy atom. The molecule has 0 amide bonds. The molecule has 1 saturated heterocycles. The van der Waals surface area contributed by atoms with Crippen LogP contribution in [0.4, 0.5) is 0 Å². The van der Waals surface area contributed by atoms with E-state index in [9.17, 15) is 4.57 Å². The molecule has 2 aliphatic heterocycles. The summed E-state index contributed by atoms with van der Waals surface area (Å²) in [5, 5.41) is 0. The molecule has 5 rings (SSSR count). The van der Waals surface area contributed by atoms with Gasteiger partial charge in [0.15, 0.2) is 11.9 Å². The lowest BCUT2D eigenvalue weighted by Crippen LogP contribution is -2.51. The third-order valence-electron chi connectivity index (χ3n) is 5.76. The molecule has 0 aromatic heterocycles. The molecule has 0 radical (unpaired) electrons. The summed E-state index contributed by atoms with van der Waals surface area (Å²) in [6, 6.07) is 27.3. The maximum absolute atomic E-state index is 13.8. The SMILES string of the molecule is C[C@@]12CO[C@@H](c3ccccc3)O[C@H]1CCC=C(OP(=O)(Oc1ccccc1)Oc1ccccc1)O2. The number of ether oxygens (including phenoxy) is 3. The lowest BCUT2D eigenvalue weighted by atomic mass is 9.95. The molecule has 35 heavy (non-hydrogen) atoms. The fourth-order valence-electron chi connectivity index (χ4n) is 3.99. The molecule has 2 heterocycles. The van der Waals surface area contributed by atoms with Crippen molar-refractivity contribution in [2.45, 2.75) is 37.8 Å². The van der Waals surface area contributed by atoms with Crippen molar-refractivity contribution in [2.75, 3.05) is 6.61 Å². The van der Waals surface area contributed by atoms with Gasteiger partial charge in [-0.2, -0.15) is 4.57 Å². The predicted molar refractivity (Wildman–Crippen MR) is 130 cm³/mol. The molecular formula is C27H27O7P. The maximum atomic E-state index is 13.8. The number of hydrogen-bond donors (Lipinski definition) is 0. The Bertz CT molecular complexity index is 1140. The van der Waals surface area contributed by atoms with E-state index in [4.69, 9.17) is 27.8 Å². The minimum atomic E-state index is -4.16. The van der Waals surface area contributed by atoms with Crippen LogP contribution in [0.2, 0.25) is 0 Å². The van der Waals surface area contributed by atoms with E-state index < -0.39 is 19.7 Å². The van der Waals surface area contributed by atoms with Crippen LogP contribution in [0.1, 0.15) is 31.6 Å². The van der Waals surface area contributed by atoms with Crippen LogP contribution in [0.25, 0.3) is 0 Å². The van der Waals surface area contributed by atoms with E-state index >= 15 is 0 Å². The van der Waals surface area contributed by atoms with Crippen molar-refractivity contribution in [3.8, 4) is 11.5 Å². The van der Waals surface area contributed by atoms with Crippen LogP contribution in [0.15, 0.2) is 103 Å². The third kappa shape index (κ3) is 5.70. The van der Waals surface area contributed by atoms with E-state index in [1.54, 1.807) is 54.6 Å². The zero-order valence-electron chi connectivity index (χ0n) is 19.3. The van der Waals surface area contributed by atoms with E-state index in [0.717, 1.165) is 5.56 Å². The number of allylic oxidation sites excluding steroid dienone is 1. The second-order valence-corrected chi connectivity index (χ2v) is 9.98. The minimum absolute atomic E-state index is 0.0514. The number of phosphoric ester groups is 1. The predicted octanol–water partition coefficient (Wildman–Crippen LogP) is 6.79. The number of fused-ring (bicyclic) bond motifs is 1. The van der Waals surface area contributed by atoms with Crippen molar-refractivity contribution in [3.05, 3.63) is 109 Å². The molecule has 3 aromatic carbocycles. The highest BCUT2D eigenvalue weighted by atomic mass is 31.2. The standard InChI is InChI=1S/C27H27O7P/c1-27-20-29-26(21-12-5-2-6-13-21)30-24(27)18-11-19-25(31-27)34-35(28,32-22-14-7-3-8-15-22)33-23-16-9-4-10-17-23/h2-10,12-17,19,24,26H,11,18,20H2,1H3/t24-,26+,27+/m0/s1. The Morgan fingerprint density at radius 1 is 0.829 bits per heavy atom. The largest absolute Gasteiger partial charge is 0.649 e. The molecule has 0 saturated carbocycles. The molecule has 3 aromatic rings. The molecule has 0 bridgehead atoms. The van der Waals surface area contributed by atoms with Crippen LogP contribution in [0, 0.1) is 0 Å². The molecular weight excluding hydrogens is 467 g/mol. The molecule has 8 heteroatoms. The summed E-state index contributed by atoms with van der Waals surface area (Å²) in [5.74, 6) is 0.746. The fraction of sp³-hybridized carbons (Fsp3) is 0.259. The van der Waals surface area contributed by atoms with Crippen molar-refractivity contribution >= 4 is 7.82 Å². The van der Waals surface area contributed by atoms with Gasteiger partial charge in [-0.15, -0.1) is 0 Å². The molecule has 0 unspecified atom stereocenters.